The second-order valence-corrected chi connectivity index (χ2v) is 4.76. The summed E-state index contributed by atoms with van der Waals surface area (Å²) >= 11 is 5.72. The Morgan fingerprint density at radius 3 is 2.44 bits per heavy atom. The van der Waals surface area contributed by atoms with Crippen molar-refractivity contribution in [2.45, 2.75) is 45.7 Å². The van der Waals surface area contributed by atoms with E-state index in [1.165, 1.54) is 0 Å². The normalized spacial score (nSPS) is 12.2. The van der Waals surface area contributed by atoms with E-state index in [1.54, 1.807) is 0 Å². The van der Waals surface area contributed by atoms with Gasteiger partial charge in [-0.3, -0.25) is 4.79 Å². The molecule has 2 nitrogen and oxygen atoms in total. The van der Waals surface area contributed by atoms with Crippen molar-refractivity contribution in [3.63, 3.8) is 0 Å². The summed E-state index contributed by atoms with van der Waals surface area (Å²) in [7, 11) is 0. The van der Waals surface area contributed by atoms with Crippen LogP contribution in [0.5, 0.6) is 0 Å². The van der Waals surface area contributed by atoms with Crippen molar-refractivity contribution in [2.24, 2.45) is 0 Å². The summed E-state index contributed by atoms with van der Waals surface area (Å²) in [4.78, 5) is 13.9. The molecule has 0 fully saturated rings. The van der Waals surface area contributed by atoms with E-state index in [0.29, 0.717) is 12.6 Å². The van der Waals surface area contributed by atoms with Crippen LogP contribution in [0.25, 0.3) is 0 Å². The Hall–Kier alpha value is -1.02. The van der Waals surface area contributed by atoms with E-state index < -0.39 is 0 Å². The average molecular weight is 268 g/mol. The van der Waals surface area contributed by atoms with Gasteiger partial charge in [-0.1, -0.05) is 50.6 Å². The number of benzene rings is 1. The maximum absolute atomic E-state index is 12.0. The van der Waals surface area contributed by atoms with Crippen LogP contribution in [0, 0.1) is 0 Å². The van der Waals surface area contributed by atoms with Crippen molar-refractivity contribution < 1.29 is 4.79 Å². The minimum atomic E-state index is 0.0285. The molecule has 0 aliphatic rings. The van der Waals surface area contributed by atoms with Crippen LogP contribution >= 0.6 is 11.6 Å². The molecule has 18 heavy (non-hydrogen) atoms. The van der Waals surface area contributed by atoms with E-state index in [2.05, 4.69) is 13.8 Å². The van der Waals surface area contributed by atoms with Gasteiger partial charge in [0.25, 0.3) is 0 Å². The number of hydrogen-bond donors (Lipinski definition) is 0. The second kappa shape index (κ2) is 8.15. The van der Waals surface area contributed by atoms with Crippen LogP contribution in [0.15, 0.2) is 30.3 Å². The molecule has 0 spiro atoms. The lowest BCUT2D eigenvalue weighted by molar-refractivity contribution is -0.131. The van der Waals surface area contributed by atoms with Crippen LogP contribution in [0.4, 0.5) is 0 Å². The fraction of sp³-hybridized carbons (Fsp3) is 0.533. The quantitative estimate of drug-likeness (QED) is 0.688. The minimum Gasteiger partial charge on any atom is -0.334 e. The maximum atomic E-state index is 12.0. The highest BCUT2D eigenvalue weighted by atomic mass is 35.5. The summed E-state index contributed by atoms with van der Waals surface area (Å²) in [5.74, 6) is 0.0911. The zero-order valence-corrected chi connectivity index (χ0v) is 12.0. The molecule has 0 saturated carbocycles. The largest absolute Gasteiger partial charge is 0.334 e. The van der Waals surface area contributed by atoms with Crippen molar-refractivity contribution in [3.05, 3.63) is 35.9 Å². The van der Waals surface area contributed by atoms with Gasteiger partial charge in [-0.05, 0) is 18.4 Å². The first-order valence-electron chi connectivity index (χ1n) is 6.62. The first-order valence-corrected chi connectivity index (χ1v) is 7.15. The summed E-state index contributed by atoms with van der Waals surface area (Å²) in [6.07, 6.45) is 3.09. The van der Waals surface area contributed by atoms with Crippen LogP contribution in [0.1, 0.15) is 38.7 Å². The smallest absolute Gasteiger partial charge is 0.238 e. The first-order chi connectivity index (χ1) is 8.72. The number of nitrogens with zero attached hydrogens (tertiary/aromatic N) is 1. The SMILES string of the molecule is CCCC(CC)N(Cc1ccccc1)C(=O)CCl. The van der Waals surface area contributed by atoms with Gasteiger partial charge in [0.15, 0.2) is 0 Å². The van der Waals surface area contributed by atoms with Gasteiger partial charge in [0.2, 0.25) is 5.91 Å². The molecule has 0 N–H and O–H groups in total. The van der Waals surface area contributed by atoms with Crippen molar-refractivity contribution in [3.8, 4) is 0 Å². The van der Waals surface area contributed by atoms with Gasteiger partial charge in [-0.2, -0.15) is 0 Å². The number of carbonyl (C=O) groups is 1. The van der Waals surface area contributed by atoms with Crippen LogP contribution in [-0.2, 0) is 11.3 Å². The number of halogens is 1. The minimum absolute atomic E-state index is 0.0285. The van der Waals surface area contributed by atoms with Crippen molar-refractivity contribution in [1.29, 1.82) is 0 Å². The zero-order valence-electron chi connectivity index (χ0n) is 11.2. The van der Waals surface area contributed by atoms with Gasteiger partial charge in [0, 0.05) is 12.6 Å². The molecule has 1 rings (SSSR count). The Balaban J connectivity index is 2.81. The van der Waals surface area contributed by atoms with Gasteiger partial charge in [-0.15, -0.1) is 11.6 Å². The van der Waals surface area contributed by atoms with Crippen molar-refractivity contribution in [2.75, 3.05) is 5.88 Å². The standard InChI is InChI=1S/C15H22ClNO/c1-3-8-14(4-2)17(15(18)11-16)12-13-9-6-5-7-10-13/h5-7,9-10,14H,3-4,8,11-12H2,1-2H3. The molecule has 0 aliphatic heterocycles. The Morgan fingerprint density at radius 2 is 1.94 bits per heavy atom. The molecule has 3 heteroatoms. The second-order valence-electron chi connectivity index (χ2n) is 4.49. The third-order valence-corrected chi connectivity index (χ3v) is 3.39. The number of carbonyl (C=O) groups excluding carboxylic acids is 1. The van der Waals surface area contributed by atoms with E-state index in [1.807, 2.05) is 35.2 Å². The molecule has 1 aromatic rings. The number of rotatable bonds is 7. The summed E-state index contributed by atoms with van der Waals surface area (Å²) < 4.78 is 0. The molecule has 0 aliphatic carbocycles. The van der Waals surface area contributed by atoms with Gasteiger partial charge in [0.05, 0.1) is 0 Å². The molecule has 100 valence electrons. The van der Waals surface area contributed by atoms with Gasteiger partial charge < -0.3 is 4.90 Å². The molecule has 1 atom stereocenters. The number of hydrogen-bond acceptors (Lipinski definition) is 1. The van der Waals surface area contributed by atoms with E-state index >= 15 is 0 Å². The van der Waals surface area contributed by atoms with Gasteiger partial charge >= 0.3 is 0 Å². The van der Waals surface area contributed by atoms with E-state index in [4.69, 9.17) is 11.6 Å². The highest BCUT2D eigenvalue weighted by Crippen LogP contribution is 2.16. The predicted molar refractivity (Wildman–Crippen MR) is 76.7 cm³/mol. The van der Waals surface area contributed by atoms with Crippen LogP contribution in [0.3, 0.4) is 0 Å². The monoisotopic (exact) mass is 267 g/mol. The lowest BCUT2D eigenvalue weighted by atomic mass is 10.1. The van der Waals surface area contributed by atoms with E-state index in [9.17, 15) is 4.79 Å². The van der Waals surface area contributed by atoms with Crippen LogP contribution < -0.4 is 0 Å². The molecule has 0 aromatic heterocycles. The van der Waals surface area contributed by atoms with Crippen LogP contribution in [0.2, 0.25) is 0 Å². The third-order valence-electron chi connectivity index (χ3n) is 3.16. The highest BCUT2D eigenvalue weighted by Gasteiger charge is 2.20. The summed E-state index contributed by atoms with van der Waals surface area (Å²) in [6.45, 7) is 4.93. The third kappa shape index (κ3) is 4.34. The molecular formula is C15H22ClNO. The molecule has 1 aromatic carbocycles. The van der Waals surface area contributed by atoms with Crippen molar-refractivity contribution >= 4 is 17.5 Å². The van der Waals surface area contributed by atoms with Gasteiger partial charge in [-0.25, -0.2) is 0 Å². The molecule has 1 amide bonds. The Morgan fingerprint density at radius 1 is 1.28 bits per heavy atom. The lowest BCUT2D eigenvalue weighted by Gasteiger charge is -2.31. The summed E-state index contributed by atoms with van der Waals surface area (Å²) in [6, 6.07) is 10.4. The first kappa shape index (κ1) is 15.0. The lowest BCUT2D eigenvalue weighted by Crippen LogP contribution is -2.40. The highest BCUT2D eigenvalue weighted by molar-refractivity contribution is 6.27. The molecular weight excluding hydrogens is 246 g/mol. The fourth-order valence-electron chi connectivity index (χ4n) is 2.19. The molecule has 0 saturated heterocycles. The van der Waals surface area contributed by atoms with Crippen molar-refractivity contribution in [1.82, 2.24) is 4.90 Å². The predicted octanol–water partition coefficient (Wildman–Crippen LogP) is 3.83. The average Bonchev–Trinajstić information content (AvgIpc) is 2.43. The van der Waals surface area contributed by atoms with E-state index in [0.717, 1.165) is 24.8 Å². The molecule has 1 unspecified atom stereocenters. The number of amides is 1. The Labute approximate surface area is 115 Å². The maximum Gasteiger partial charge on any atom is 0.238 e. The topological polar surface area (TPSA) is 20.3 Å². The van der Waals surface area contributed by atoms with E-state index in [-0.39, 0.29) is 11.8 Å². The zero-order chi connectivity index (χ0) is 13.4. The Bertz CT molecular complexity index is 353. The van der Waals surface area contributed by atoms with Gasteiger partial charge in [0.1, 0.15) is 5.88 Å². The molecule has 0 radical (unpaired) electrons. The fourth-order valence-corrected chi connectivity index (χ4v) is 2.34. The van der Waals surface area contributed by atoms with Crippen LogP contribution in [-0.4, -0.2) is 22.7 Å². The molecule has 0 bridgehead atoms. The Kier molecular flexibility index (Phi) is 6.81. The number of alkyl halides is 1. The summed E-state index contributed by atoms with van der Waals surface area (Å²) in [5.41, 5.74) is 1.16. The summed E-state index contributed by atoms with van der Waals surface area (Å²) in [5, 5.41) is 0. The molecule has 0 heterocycles.